The third kappa shape index (κ3) is 3.10. The van der Waals surface area contributed by atoms with E-state index in [1.807, 2.05) is 0 Å². The number of nitro benzene ring substituents is 1. The minimum absolute atomic E-state index is 0.0221. The van der Waals surface area contributed by atoms with Crippen molar-refractivity contribution in [1.82, 2.24) is 0 Å². The van der Waals surface area contributed by atoms with E-state index < -0.39 is 4.92 Å². The van der Waals surface area contributed by atoms with Gasteiger partial charge in [0.2, 0.25) is 0 Å². The molecule has 1 rings (SSSR count). The number of methoxy groups -OCH3 is 1. The van der Waals surface area contributed by atoms with E-state index in [2.05, 4.69) is 5.32 Å². The zero-order chi connectivity index (χ0) is 11.3. The summed E-state index contributed by atoms with van der Waals surface area (Å²) in [4.78, 5) is 10.2. The van der Waals surface area contributed by atoms with E-state index in [0.717, 1.165) is 0 Å². The zero-order valence-electron chi connectivity index (χ0n) is 8.40. The molecule has 6 heteroatoms. The number of rotatable bonds is 5. The number of hydrogen-bond acceptors (Lipinski definition) is 5. The maximum atomic E-state index is 10.7. The van der Waals surface area contributed by atoms with Crippen molar-refractivity contribution in [2.45, 2.75) is 0 Å². The average Bonchev–Trinajstić information content (AvgIpc) is 2.20. The predicted octanol–water partition coefficient (Wildman–Crippen LogP) is 1.24. The number of nitrogens with two attached hydrogens (primary N) is 1. The molecule has 1 aromatic carbocycles. The lowest BCUT2D eigenvalue weighted by Gasteiger charge is -2.06. The Bertz CT molecular complexity index is 354. The summed E-state index contributed by atoms with van der Waals surface area (Å²) in [5, 5.41) is 13.6. The summed E-state index contributed by atoms with van der Waals surface area (Å²) in [6.07, 6.45) is 0. The van der Waals surface area contributed by atoms with Crippen LogP contribution in [-0.4, -0.2) is 25.2 Å². The van der Waals surface area contributed by atoms with E-state index in [9.17, 15) is 10.1 Å². The average molecular weight is 211 g/mol. The van der Waals surface area contributed by atoms with E-state index in [1.54, 1.807) is 19.2 Å². The van der Waals surface area contributed by atoms with Gasteiger partial charge in [0, 0.05) is 25.4 Å². The number of nitrogen functional groups attached to an aromatic ring is 1. The van der Waals surface area contributed by atoms with Crippen molar-refractivity contribution < 1.29 is 9.66 Å². The second-order valence-corrected chi connectivity index (χ2v) is 2.95. The number of nitro groups is 1. The van der Waals surface area contributed by atoms with Crippen LogP contribution in [0.3, 0.4) is 0 Å². The molecule has 15 heavy (non-hydrogen) atoms. The van der Waals surface area contributed by atoms with Crippen molar-refractivity contribution in [3.8, 4) is 0 Å². The van der Waals surface area contributed by atoms with Crippen LogP contribution in [0.2, 0.25) is 0 Å². The van der Waals surface area contributed by atoms with Gasteiger partial charge in [-0.05, 0) is 12.1 Å². The maximum Gasteiger partial charge on any atom is 0.294 e. The molecule has 0 aliphatic heterocycles. The molecule has 1 aromatic rings. The van der Waals surface area contributed by atoms with E-state index in [4.69, 9.17) is 10.5 Å². The fraction of sp³-hybridized carbons (Fsp3) is 0.333. The summed E-state index contributed by atoms with van der Waals surface area (Å²) in [6.45, 7) is 1.00. The van der Waals surface area contributed by atoms with Gasteiger partial charge in [-0.1, -0.05) is 0 Å². The molecule has 0 radical (unpaired) electrons. The number of nitrogens with zero attached hydrogens (tertiary/aromatic N) is 1. The smallest absolute Gasteiger partial charge is 0.294 e. The molecule has 0 bridgehead atoms. The van der Waals surface area contributed by atoms with Gasteiger partial charge in [0.25, 0.3) is 5.69 Å². The van der Waals surface area contributed by atoms with Crippen molar-refractivity contribution in [3.63, 3.8) is 0 Å². The first kappa shape index (κ1) is 11.3. The van der Waals surface area contributed by atoms with E-state index in [-0.39, 0.29) is 5.69 Å². The molecule has 0 spiro atoms. The van der Waals surface area contributed by atoms with E-state index >= 15 is 0 Å². The van der Waals surface area contributed by atoms with Crippen molar-refractivity contribution in [1.29, 1.82) is 0 Å². The molecule has 0 heterocycles. The van der Waals surface area contributed by atoms with Gasteiger partial charge in [-0.15, -0.1) is 0 Å². The molecule has 0 saturated carbocycles. The third-order valence-corrected chi connectivity index (χ3v) is 1.84. The first-order chi connectivity index (χ1) is 7.15. The molecular weight excluding hydrogens is 198 g/mol. The fourth-order valence-corrected chi connectivity index (χ4v) is 1.14. The molecule has 6 nitrogen and oxygen atoms in total. The summed E-state index contributed by atoms with van der Waals surface area (Å²) in [6, 6.07) is 4.53. The molecule has 3 N–H and O–H groups in total. The van der Waals surface area contributed by atoms with Crippen LogP contribution in [0, 0.1) is 10.1 Å². The molecule has 82 valence electrons. The molecule has 0 aromatic heterocycles. The lowest BCUT2D eigenvalue weighted by atomic mass is 10.2. The molecule has 0 fully saturated rings. The Morgan fingerprint density at radius 2 is 2.33 bits per heavy atom. The van der Waals surface area contributed by atoms with Crippen LogP contribution < -0.4 is 11.1 Å². The van der Waals surface area contributed by atoms with Crippen molar-refractivity contribution >= 4 is 17.1 Å². The first-order valence-corrected chi connectivity index (χ1v) is 4.42. The van der Waals surface area contributed by atoms with Gasteiger partial charge >= 0.3 is 0 Å². The van der Waals surface area contributed by atoms with Crippen molar-refractivity contribution in [2.24, 2.45) is 0 Å². The van der Waals surface area contributed by atoms with Crippen LogP contribution in [0.1, 0.15) is 0 Å². The number of benzene rings is 1. The largest absolute Gasteiger partial charge is 0.399 e. The molecule has 0 unspecified atom stereocenters. The lowest BCUT2D eigenvalue weighted by molar-refractivity contribution is -0.383. The van der Waals surface area contributed by atoms with Crippen LogP contribution in [0.25, 0.3) is 0 Å². The monoisotopic (exact) mass is 211 g/mol. The second-order valence-electron chi connectivity index (χ2n) is 2.95. The van der Waals surface area contributed by atoms with Crippen molar-refractivity contribution in [3.05, 3.63) is 28.3 Å². The van der Waals surface area contributed by atoms with E-state index in [0.29, 0.717) is 24.5 Å². The molecule has 0 atom stereocenters. The Hall–Kier alpha value is -1.82. The second kappa shape index (κ2) is 5.16. The van der Waals surface area contributed by atoms with Crippen molar-refractivity contribution in [2.75, 3.05) is 31.3 Å². The minimum Gasteiger partial charge on any atom is -0.399 e. The molecular formula is C9H13N3O3. The highest BCUT2D eigenvalue weighted by molar-refractivity contribution is 5.66. The standard InChI is InChI=1S/C9H13N3O3/c1-15-5-4-11-8-3-2-7(10)6-9(8)12(13)14/h2-3,6,11H,4-5,10H2,1H3. The predicted molar refractivity (Wildman–Crippen MR) is 57.9 cm³/mol. The first-order valence-electron chi connectivity index (χ1n) is 4.42. The number of anilines is 2. The van der Waals surface area contributed by atoms with Crippen LogP contribution in [0.5, 0.6) is 0 Å². The Labute approximate surface area is 87.2 Å². The van der Waals surface area contributed by atoms with Gasteiger partial charge in [0.15, 0.2) is 0 Å². The molecule has 0 saturated heterocycles. The SMILES string of the molecule is COCCNc1ccc(N)cc1[N+](=O)[O-]. The summed E-state index contributed by atoms with van der Waals surface area (Å²) in [7, 11) is 1.57. The Kier molecular flexibility index (Phi) is 3.87. The molecule has 0 aliphatic carbocycles. The topological polar surface area (TPSA) is 90.4 Å². The van der Waals surface area contributed by atoms with E-state index in [1.165, 1.54) is 6.07 Å². The van der Waals surface area contributed by atoms with Crippen LogP contribution in [-0.2, 0) is 4.74 Å². The fourth-order valence-electron chi connectivity index (χ4n) is 1.14. The summed E-state index contributed by atoms with van der Waals surface area (Å²) in [5.74, 6) is 0. The van der Waals surface area contributed by atoms with Gasteiger partial charge < -0.3 is 15.8 Å². The zero-order valence-corrected chi connectivity index (χ0v) is 8.40. The highest BCUT2D eigenvalue weighted by Gasteiger charge is 2.12. The Morgan fingerprint density at radius 3 is 2.93 bits per heavy atom. The summed E-state index contributed by atoms with van der Waals surface area (Å²) in [5.41, 5.74) is 6.27. The third-order valence-electron chi connectivity index (χ3n) is 1.84. The maximum absolute atomic E-state index is 10.7. The lowest BCUT2D eigenvalue weighted by Crippen LogP contribution is -2.09. The van der Waals surface area contributed by atoms with Crippen LogP contribution in [0.4, 0.5) is 17.1 Å². The summed E-state index contributed by atoms with van der Waals surface area (Å²) < 4.78 is 4.83. The number of hydrogen-bond donors (Lipinski definition) is 2. The number of nitrogens with one attached hydrogen (secondary N) is 1. The molecule has 0 amide bonds. The Balaban J connectivity index is 2.81. The number of ether oxygens (including phenoxy) is 1. The van der Waals surface area contributed by atoms with Gasteiger partial charge in [0.05, 0.1) is 11.5 Å². The molecule has 0 aliphatic rings. The highest BCUT2D eigenvalue weighted by Crippen LogP contribution is 2.26. The minimum atomic E-state index is -0.467. The summed E-state index contributed by atoms with van der Waals surface area (Å²) >= 11 is 0. The van der Waals surface area contributed by atoms with Gasteiger partial charge in [-0.2, -0.15) is 0 Å². The quantitative estimate of drug-likeness (QED) is 0.331. The van der Waals surface area contributed by atoms with Crippen LogP contribution in [0.15, 0.2) is 18.2 Å². The highest BCUT2D eigenvalue weighted by atomic mass is 16.6. The van der Waals surface area contributed by atoms with Gasteiger partial charge in [0.1, 0.15) is 5.69 Å². The Morgan fingerprint density at radius 1 is 1.60 bits per heavy atom. The van der Waals surface area contributed by atoms with Gasteiger partial charge in [-0.25, -0.2) is 0 Å². The van der Waals surface area contributed by atoms with Gasteiger partial charge in [-0.3, -0.25) is 10.1 Å². The van der Waals surface area contributed by atoms with Crippen LogP contribution >= 0.6 is 0 Å². The normalized spacial score (nSPS) is 9.93.